The van der Waals surface area contributed by atoms with Gasteiger partial charge in [-0.1, -0.05) is 23.7 Å². The molecule has 0 radical (unpaired) electrons. The van der Waals surface area contributed by atoms with Gasteiger partial charge in [0.05, 0.1) is 20.3 Å². The van der Waals surface area contributed by atoms with E-state index in [0.29, 0.717) is 37.6 Å². The molecule has 2 aliphatic rings. The Hall–Kier alpha value is -3.30. The lowest BCUT2D eigenvalue weighted by Crippen LogP contribution is -2.47. The first-order chi connectivity index (χ1) is 17.2. The number of rotatable bonds is 7. The lowest BCUT2D eigenvalue weighted by atomic mass is 10.2. The number of benzene rings is 2. The third kappa shape index (κ3) is 5.86. The van der Waals surface area contributed by atoms with E-state index in [0.717, 1.165) is 55.6 Å². The summed E-state index contributed by atoms with van der Waals surface area (Å²) < 4.78 is 10.8. The highest BCUT2D eigenvalue weighted by molar-refractivity contribution is 6.30. The highest BCUT2D eigenvalue weighted by atomic mass is 35.5. The van der Waals surface area contributed by atoms with Gasteiger partial charge in [0.2, 0.25) is 17.8 Å². The number of hydrogen-bond donors (Lipinski definition) is 1. The van der Waals surface area contributed by atoms with Crippen molar-refractivity contribution in [3.63, 3.8) is 0 Å². The Balaban J connectivity index is 1.31. The van der Waals surface area contributed by atoms with E-state index in [1.165, 1.54) is 5.69 Å². The maximum Gasteiger partial charge on any atom is 0.232 e. The molecule has 184 valence electrons. The van der Waals surface area contributed by atoms with Crippen molar-refractivity contribution in [3.8, 4) is 5.75 Å². The molecule has 2 aliphatic heterocycles. The van der Waals surface area contributed by atoms with Crippen molar-refractivity contribution in [2.45, 2.75) is 6.54 Å². The Morgan fingerprint density at radius 2 is 1.40 bits per heavy atom. The van der Waals surface area contributed by atoms with Gasteiger partial charge >= 0.3 is 0 Å². The number of piperazine rings is 1. The molecule has 1 N–H and O–H groups in total. The van der Waals surface area contributed by atoms with Crippen molar-refractivity contribution < 1.29 is 9.47 Å². The second-order valence-corrected chi connectivity index (χ2v) is 8.95. The number of nitrogens with zero attached hydrogens (tertiary/aromatic N) is 6. The quantitative estimate of drug-likeness (QED) is 0.531. The van der Waals surface area contributed by atoms with E-state index < -0.39 is 0 Å². The summed E-state index contributed by atoms with van der Waals surface area (Å²) in [4.78, 5) is 21.1. The fourth-order valence-corrected chi connectivity index (χ4v) is 4.35. The predicted octanol–water partition coefficient (Wildman–Crippen LogP) is 3.31. The van der Waals surface area contributed by atoms with Crippen LogP contribution in [0.4, 0.5) is 23.5 Å². The van der Waals surface area contributed by atoms with Crippen LogP contribution in [0.2, 0.25) is 5.02 Å². The molecule has 5 rings (SSSR count). The summed E-state index contributed by atoms with van der Waals surface area (Å²) in [7, 11) is 1.69. The molecule has 3 aromatic rings. The summed E-state index contributed by atoms with van der Waals surface area (Å²) in [5.74, 6) is 2.83. The third-order valence-corrected chi connectivity index (χ3v) is 6.52. The van der Waals surface area contributed by atoms with E-state index in [4.69, 9.17) is 36.0 Å². The van der Waals surface area contributed by atoms with Crippen LogP contribution in [0, 0.1) is 0 Å². The minimum absolute atomic E-state index is 0.573. The average molecular weight is 496 g/mol. The van der Waals surface area contributed by atoms with E-state index in [2.05, 4.69) is 32.1 Å². The van der Waals surface area contributed by atoms with Gasteiger partial charge in [0.25, 0.3) is 0 Å². The number of hydrogen-bond acceptors (Lipinski definition) is 9. The molecule has 35 heavy (non-hydrogen) atoms. The molecule has 9 nitrogen and oxygen atoms in total. The molecular weight excluding hydrogens is 466 g/mol. The smallest absolute Gasteiger partial charge is 0.232 e. The summed E-state index contributed by atoms with van der Waals surface area (Å²) in [6.45, 7) is 6.93. The SMILES string of the molecule is COc1ccc(N2CCN(c3nc(NCc4ccc(Cl)cc4)nc(N4CCOCC4)n3)CC2)cc1. The first-order valence-electron chi connectivity index (χ1n) is 11.9. The van der Waals surface area contributed by atoms with E-state index in [1.54, 1.807) is 7.11 Å². The summed E-state index contributed by atoms with van der Waals surface area (Å²) in [5.41, 5.74) is 2.30. The molecule has 2 fully saturated rings. The Morgan fingerprint density at radius 3 is 2.03 bits per heavy atom. The van der Waals surface area contributed by atoms with Crippen LogP contribution in [0.1, 0.15) is 5.56 Å². The highest BCUT2D eigenvalue weighted by Crippen LogP contribution is 2.23. The lowest BCUT2D eigenvalue weighted by Gasteiger charge is -2.36. The number of nitrogens with one attached hydrogen (secondary N) is 1. The van der Waals surface area contributed by atoms with Gasteiger partial charge in [0.15, 0.2) is 0 Å². The summed E-state index contributed by atoms with van der Waals surface area (Å²) >= 11 is 6.02. The van der Waals surface area contributed by atoms with Gasteiger partial charge in [0.1, 0.15) is 5.75 Å². The molecule has 2 saturated heterocycles. The van der Waals surface area contributed by atoms with Crippen molar-refractivity contribution in [2.75, 3.05) is 79.6 Å². The second kappa shape index (κ2) is 11.0. The summed E-state index contributed by atoms with van der Waals surface area (Å²) in [5, 5.41) is 4.09. The summed E-state index contributed by atoms with van der Waals surface area (Å²) in [6.07, 6.45) is 0. The van der Waals surface area contributed by atoms with Gasteiger partial charge in [-0.3, -0.25) is 0 Å². The van der Waals surface area contributed by atoms with Crippen molar-refractivity contribution >= 4 is 35.1 Å². The Labute approximate surface area is 210 Å². The Bertz CT molecular complexity index is 1100. The van der Waals surface area contributed by atoms with Gasteiger partial charge in [-0.25, -0.2) is 0 Å². The Kier molecular flexibility index (Phi) is 7.34. The molecule has 0 spiro atoms. The van der Waals surface area contributed by atoms with Crippen LogP contribution in [-0.4, -0.2) is 74.5 Å². The molecule has 0 bridgehead atoms. The molecule has 0 amide bonds. The molecule has 0 atom stereocenters. The normalized spacial score (nSPS) is 16.3. The zero-order valence-corrected chi connectivity index (χ0v) is 20.6. The second-order valence-electron chi connectivity index (χ2n) is 8.51. The molecule has 0 unspecified atom stereocenters. The van der Waals surface area contributed by atoms with Crippen molar-refractivity contribution in [3.05, 3.63) is 59.1 Å². The molecular formula is C25H30ClN7O2. The number of anilines is 4. The molecule has 0 aliphatic carbocycles. The number of morpholine rings is 1. The summed E-state index contributed by atoms with van der Waals surface area (Å²) in [6, 6.07) is 16.0. The van der Waals surface area contributed by atoms with Crippen LogP contribution >= 0.6 is 11.6 Å². The topological polar surface area (TPSA) is 78.9 Å². The average Bonchev–Trinajstić information content (AvgIpc) is 2.93. The molecule has 2 aromatic carbocycles. The van der Waals surface area contributed by atoms with Crippen LogP contribution in [0.5, 0.6) is 5.75 Å². The third-order valence-electron chi connectivity index (χ3n) is 6.27. The van der Waals surface area contributed by atoms with Crippen LogP contribution in [-0.2, 0) is 11.3 Å². The number of ether oxygens (including phenoxy) is 2. The van der Waals surface area contributed by atoms with Gasteiger partial charge in [-0.2, -0.15) is 15.0 Å². The van der Waals surface area contributed by atoms with Crippen molar-refractivity contribution in [2.24, 2.45) is 0 Å². The first kappa shape index (κ1) is 23.4. The molecule has 1 aromatic heterocycles. The van der Waals surface area contributed by atoms with Crippen LogP contribution in [0.15, 0.2) is 48.5 Å². The lowest BCUT2D eigenvalue weighted by molar-refractivity contribution is 0.122. The van der Waals surface area contributed by atoms with Gasteiger partial charge in [-0.15, -0.1) is 0 Å². The van der Waals surface area contributed by atoms with Crippen LogP contribution < -0.4 is 24.8 Å². The largest absolute Gasteiger partial charge is 0.497 e. The Morgan fingerprint density at radius 1 is 0.800 bits per heavy atom. The van der Waals surface area contributed by atoms with Gasteiger partial charge < -0.3 is 29.5 Å². The van der Waals surface area contributed by atoms with E-state index in [9.17, 15) is 0 Å². The van der Waals surface area contributed by atoms with E-state index >= 15 is 0 Å². The maximum absolute atomic E-state index is 6.02. The molecule has 10 heteroatoms. The van der Waals surface area contributed by atoms with E-state index in [-0.39, 0.29) is 0 Å². The predicted molar refractivity (Wildman–Crippen MR) is 139 cm³/mol. The zero-order chi connectivity index (χ0) is 24.0. The number of halogens is 1. The van der Waals surface area contributed by atoms with Gasteiger partial charge in [0, 0.05) is 56.5 Å². The fraction of sp³-hybridized carbons (Fsp3) is 0.400. The van der Waals surface area contributed by atoms with Crippen LogP contribution in [0.25, 0.3) is 0 Å². The molecule has 0 saturated carbocycles. The minimum Gasteiger partial charge on any atom is -0.497 e. The monoisotopic (exact) mass is 495 g/mol. The number of aromatic nitrogens is 3. The fourth-order valence-electron chi connectivity index (χ4n) is 4.22. The van der Waals surface area contributed by atoms with Gasteiger partial charge in [-0.05, 0) is 42.0 Å². The highest BCUT2D eigenvalue weighted by Gasteiger charge is 2.23. The maximum atomic E-state index is 6.02. The number of methoxy groups -OCH3 is 1. The minimum atomic E-state index is 0.573. The van der Waals surface area contributed by atoms with Crippen molar-refractivity contribution in [1.29, 1.82) is 0 Å². The zero-order valence-electron chi connectivity index (χ0n) is 19.9. The van der Waals surface area contributed by atoms with Crippen molar-refractivity contribution in [1.82, 2.24) is 15.0 Å². The van der Waals surface area contributed by atoms with Crippen LogP contribution in [0.3, 0.4) is 0 Å². The molecule has 3 heterocycles. The first-order valence-corrected chi connectivity index (χ1v) is 12.3. The van der Waals surface area contributed by atoms with E-state index in [1.807, 2.05) is 36.4 Å². The standard InChI is InChI=1S/C25H30ClN7O2/c1-34-22-8-6-21(7-9-22)31-10-12-32(13-11-31)24-28-23(27-18-19-2-4-20(26)5-3-19)29-25(30-24)33-14-16-35-17-15-33/h2-9H,10-18H2,1H3,(H,27,28,29,30).